The number of pyridine rings is 1. The minimum Gasteiger partial charge on any atom is -0.339 e. The molecular weight excluding hydrogens is 286 g/mol. The number of hydrogen-bond acceptors (Lipinski definition) is 4. The highest BCUT2D eigenvalue weighted by Gasteiger charge is 2.21. The fraction of sp³-hybridized carbons (Fsp3) is 0.278. The number of nitrogens with zero attached hydrogens (tertiary/aromatic N) is 4. The van der Waals surface area contributed by atoms with Gasteiger partial charge in [-0.05, 0) is 30.3 Å². The second kappa shape index (κ2) is 5.40. The first-order valence-electron chi connectivity index (χ1n) is 7.49. The highest BCUT2D eigenvalue weighted by molar-refractivity contribution is 5.81. The summed E-state index contributed by atoms with van der Waals surface area (Å²) in [5.74, 6) is 1.60. The van der Waals surface area contributed by atoms with E-state index in [1.807, 2.05) is 25.2 Å². The average molecular weight is 305 g/mol. The summed E-state index contributed by atoms with van der Waals surface area (Å²) < 4.78 is 2.13. The molecule has 2 aromatic heterocycles. The molecule has 3 rings (SSSR count). The molecule has 0 aliphatic heterocycles. The van der Waals surface area contributed by atoms with Crippen molar-refractivity contribution in [1.29, 1.82) is 5.26 Å². The minimum absolute atomic E-state index is 0.0175. The second-order valence-corrected chi connectivity index (χ2v) is 6.58. The lowest BCUT2D eigenvalue weighted by atomic mass is 9.96. The summed E-state index contributed by atoms with van der Waals surface area (Å²) in [6.07, 6.45) is 1.67. The normalized spacial score (nSPS) is 11.4. The molecule has 0 radical (unpaired) electrons. The smallest absolute Gasteiger partial charge is 0.148 e. The van der Waals surface area contributed by atoms with Crippen LogP contribution in [0, 0.1) is 11.3 Å². The number of nitriles is 1. The summed E-state index contributed by atoms with van der Waals surface area (Å²) in [7, 11) is 2.04. The van der Waals surface area contributed by atoms with Crippen LogP contribution < -0.4 is 5.32 Å². The lowest BCUT2D eigenvalue weighted by Gasteiger charge is -2.17. The summed E-state index contributed by atoms with van der Waals surface area (Å²) in [6.45, 7) is 6.46. The summed E-state index contributed by atoms with van der Waals surface area (Å²) >= 11 is 0. The molecule has 0 unspecified atom stereocenters. The van der Waals surface area contributed by atoms with Gasteiger partial charge in [0.2, 0.25) is 0 Å². The molecule has 5 nitrogen and oxygen atoms in total. The van der Waals surface area contributed by atoms with Crippen LogP contribution >= 0.6 is 0 Å². The van der Waals surface area contributed by atoms with E-state index in [1.165, 1.54) is 0 Å². The second-order valence-electron chi connectivity index (χ2n) is 6.58. The minimum atomic E-state index is -0.0175. The third-order valence-electron chi connectivity index (χ3n) is 3.74. The van der Waals surface area contributed by atoms with Gasteiger partial charge >= 0.3 is 0 Å². The molecule has 3 aromatic rings. The van der Waals surface area contributed by atoms with Crippen LogP contribution in [0.2, 0.25) is 0 Å². The number of fused-ring (bicyclic) bond motifs is 1. The third kappa shape index (κ3) is 2.76. The number of nitrogens with one attached hydrogen (secondary N) is 1. The Bertz CT molecular complexity index is 909. The Morgan fingerprint density at radius 3 is 2.70 bits per heavy atom. The van der Waals surface area contributed by atoms with E-state index in [9.17, 15) is 0 Å². The maximum atomic E-state index is 9.15. The van der Waals surface area contributed by atoms with E-state index in [0.717, 1.165) is 22.5 Å². The van der Waals surface area contributed by atoms with Gasteiger partial charge in [0.05, 0.1) is 16.6 Å². The van der Waals surface area contributed by atoms with Gasteiger partial charge < -0.3 is 9.88 Å². The van der Waals surface area contributed by atoms with Crippen molar-refractivity contribution in [3.05, 3.63) is 47.9 Å². The molecule has 23 heavy (non-hydrogen) atoms. The van der Waals surface area contributed by atoms with Crippen molar-refractivity contribution in [2.75, 3.05) is 5.32 Å². The fourth-order valence-corrected chi connectivity index (χ4v) is 2.68. The summed E-state index contributed by atoms with van der Waals surface area (Å²) in [5.41, 5.74) is 3.38. The lowest BCUT2D eigenvalue weighted by molar-refractivity contribution is 0.526. The molecule has 1 N–H and O–H groups in total. The number of imidazole rings is 1. The summed E-state index contributed by atoms with van der Waals surface area (Å²) in [6, 6.07) is 11.6. The van der Waals surface area contributed by atoms with E-state index >= 15 is 0 Å². The van der Waals surface area contributed by atoms with E-state index in [-0.39, 0.29) is 5.41 Å². The van der Waals surface area contributed by atoms with Gasteiger partial charge in [-0.15, -0.1) is 0 Å². The number of hydrogen-bond donors (Lipinski definition) is 1. The molecule has 0 aliphatic rings. The quantitative estimate of drug-likeness (QED) is 0.780. The zero-order valence-electron chi connectivity index (χ0n) is 13.8. The Morgan fingerprint density at radius 2 is 2.00 bits per heavy atom. The molecule has 0 amide bonds. The van der Waals surface area contributed by atoms with E-state index in [2.05, 4.69) is 41.7 Å². The Balaban J connectivity index is 2.03. The van der Waals surface area contributed by atoms with Gasteiger partial charge in [0.15, 0.2) is 0 Å². The summed E-state index contributed by atoms with van der Waals surface area (Å²) in [4.78, 5) is 8.99. The number of rotatable bonds is 2. The Kier molecular flexibility index (Phi) is 3.53. The number of benzene rings is 1. The monoisotopic (exact) mass is 305 g/mol. The maximum Gasteiger partial charge on any atom is 0.148 e. The van der Waals surface area contributed by atoms with Gasteiger partial charge in [-0.1, -0.05) is 20.8 Å². The Labute approximate surface area is 135 Å². The van der Waals surface area contributed by atoms with E-state index in [0.29, 0.717) is 11.4 Å². The molecular formula is C18H19N5. The van der Waals surface area contributed by atoms with Crippen molar-refractivity contribution >= 4 is 22.5 Å². The zero-order chi connectivity index (χ0) is 16.6. The van der Waals surface area contributed by atoms with Crippen molar-refractivity contribution in [1.82, 2.24) is 14.5 Å². The van der Waals surface area contributed by atoms with E-state index < -0.39 is 0 Å². The van der Waals surface area contributed by atoms with E-state index in [4.69, 9.17) is 10.2 Å². The molecule has 0 fully saturated rings. The molecule has 2 heterocycles. The molecule has 5 heteroatoms. The van der Waals surface area contributed by atoms with Crippen LogP contribution in [0.5, 0.6) is 0 Å². The maximum absolute atomic E-state index is 9.15. The first-order chi connectivity index (χ1) is 10.9. The van der Waals surface area contributed by atoms with Crippen LogP contribution in [0.15, 0.2) is 36.5 Å². The van der Waals surface area contributed by atoms with Crippen LogP contribution in [0.25, 0.3) is 11.0 Å². The van der Waals surface area contributed by atoms with Crippen molar-refractivity contribution in [2.24, 2.45) is 7.05 Å². The number of aryl methyl sites for hydroxylation is 1. The van der Waals surface area contributed by atoms with Gasteiger partial charge in [-0.25, -0.2) is 9.97 Å². The average Bonchev–Trinajstić information content (AvgIpc) is 2.84. The van der Waals surface area contributed by atoms with Gasteiger partial charge in [0, 0.05) is 24.3 Å². The van der Waals surface area contributed by atoms with Crippen LogP contribution in [0.4, 0.5) is 11.5 Å². The van der Waals surface area contributed by atoms with Gasteiger partial charge in [0.25, 0.3) is 0 Å². The molecule has 0 atom stereocenters. The third-order valence-corrected chi connectivity index (χ3v) is 3.74. The molecule has 0 saturated heterocycles. The standard InChI is InChI=1S/C18H19N5/c1-18(2,3)17-22-14-10-13(7-8-15(14)23(17)4)21-16-12(11-19)6-5-9-20-16/h5-10H,1-4H3,(H,20,21). The Morgan fingerprint density at radius 1 is 1.22 bits per heavy atom. The summed E-state index contributed by atoms with van der Waals surface area (Å²) in [5, 5.41) is 12.4. The van der Waals surface area contributed by atoms with Crippen molar-refractivity contribution in [3.8, 4) is 6.07 Å². The molecule has 0 bridgehead atoms. The number of aromatic nitrogens is 3. The molecule has 1 aromatic carbocycles. The molecule has 116 valence electrons. The van der Waals surface area contributed by atoms with Crippen molar-refractivity contribution in [2.45, 2.75) is 26.2 Å². The van der Waals surface area contributed by atoms with E-state index in [1.54, 1.807) is 18.3 Å². The predicted octanol–water partition coefficient (Wildman–Crippen LogP) is 3.88. The largest absolute Gasteiger partial charge is 0.339 e. The predicted molar refractivity (Wildman–Crippen MR) is 91.6 cm³/mol. The van der Waals surface area contributed by atoms with Crippen LogP contribution in [0.1, 0.15) is 32.2 Å². The van der Waals surface area contributed by atoms with Crippen LogP contribution in [0.3, 0.4) is 0 Å². The Hall–Kier alpha value is -2.87. The SMILES string of the molecule is Cn1c(C(C)(C)C)nc2cc(Nc3ncccc3C#N)ccc21. The molecule has 0 spiro atoms. The topological polar surface area (TPSA) is 66.5 Å². The van der Waals surface area contributed by atoms with Crippen molar-refractivity contribution < 1.29 is 0 Å². The van der Waals surface area contributed by atoms with Gasteiger partial charge in [-0.3, -0.25) is 0 Å². The van der Waals surface area contributed by atoms with Crippen molar-refractivity contribution in [3.63, 3.8) is 0 Å². The molecule has 0 aliphatic carbocycles. The molecule has 0 saturated carbocycles. The first-order valence-corrected chi connectivity index (χ1v) is 7.49. The lowest BCUT2D eigenvalue weighted by Crippen LogP contribution is -2.17. The van der Waals surface area contributed by atoms with Gasteiger partial charge in [-0.2, -0.15) is 5.26 Å². The number of anilines is 2. The first kappa shape index (κ1) is 15.0. The van der Waals surface area contributed by atoms with Crippen LogP contribution in [-0.2, 0) is 12.5 Å². The van der Waals surface area contributed by atoms with Gasteiger partial charge in [0.1, 0.15) is 17.7 Å². The highest BCUT2D eigenvalue weighted by atomic mass is 15.1. The zero-order valence-corrected chi connectivity index (χ0v) is 13.8. The highest BCUT2D eigenvalue weighted by Crippen LogP contribution is 2.28. The van der Waals surface area contributed by atoms with Crippen LogP contribution in [-0.4, -0.2) is 14.5 Å². The fourth-order valence-electron chi connectivity index (χ4n) is 2.68.